The molecule has 132 valence electrons. The molecule has 0 N–H and O–H groups in total. The third-order valence-electron chi connectivity index (χ3n) is 3.97. The van der Waals surface area contributed by atoms with Gasteiger partial charge in [0.2, 0.25) is 0 Å². The van der Waals surface area contributed by atoms with Crippen LogP contribution in [-0.2, 0) is 6.42 Å². The van der Waals surface area contributed by atoms with E-state index >= 15 is 0 Å². The molecule has 1 amide bonds. The average molecular weight is 350 g/mol. The van der Waals surface area contributed by atoms with Gasteiger partial charge in [0.05, 0.1) is 6.42 Å². The van der Waals surface area contributed by atoms with E-state index in [9.17, 15) is 9.18 Å². The maximum Gasteiger partial charge on any atom is 0.254 e. The van der Waals surface area contributed by atoms with Crippen LogP contribution < -0.4 is 0 Å². The van der Waals surface area contributed by atoms with E-state index in [4.69, 9.17) is 4.42 Å². The molecule has 0 aliphatic rings. The third kappa shape index (κ3) is 3.72. The molecule has 0 saturated carbocycles. The molecule has 0 atom stereocenters. The van der Waals surface area contributed by atoms with Crippen LogP contribution in [0.3, 0.4) is 0 Å². The van der Waals surface area contributed by atoms with E-state index in [1.807, 2.05) is 0 Å². The summed E-state index contributed by atoms with van der Waals surface area (Å²) in [7, 11) is 0. The lowest BCUT2D eigenvalue weighted by atomic mass is 10.1. The highest BCUT2D eigenvalue weighted by molar-refractivity contribution is 5.97. The first kappa shape index (κ1) is 17.6. The van der Waals surface area contributed by atoms with Gasteiger partial charge < -0.3 is 9.32 Å². The van der Waals surface area contributed by atoms with E-state index in [-0.39, 0.29) is 18.1 Å². The van der Waals surface area contributed by atoms with E-state index < -0.39 is 0 Å². The number of aromatic nitrogens is 1. The Balaban J connectivity index is 1.87. The van der Waals surface area contributed by atoms with Crippen molar-refractivity contribution in [3.63, 3.8) is 0 Å². The van der Waals surface area contributed by atoms with Gasteiger partial charge in [0.25, 0.3) is 5.91 Å². The third-order valence-corrected chi connectivity index (χ3v) is 3.97. The highest BCUT2D eigenvalue weighted by Crippen LogP contribution is 2.21. The van der Waals surface area contributed by atoms with Gasteiger partial charge in [-0.1, -0.05) is 30.4 Å². The maximum atomic E-state index is 13.8. The highest BCUT2D eigenvalue weighted by atomic mass is 19.1. The molecule has 0 spiro atoms. The quantitative estimate of drug-likeness (QED) is 0.594. The summed E-state index contributed by atoms with van der Waals surface area (Å²) in [5.41, 5.74) is 2.14. The van der Waals surface area contributed by atoms with Crippen LogP contribution >= 0.6 is 0 Å². The monoisotopic (exact) mass is 350 g/mol. The number of benzene rings is 2. The summed E-state index contributed by atoms with van der Waals surface area (Å²) in [4.78, 5) is 18.6. The minimum Gasteiger partial charge on any atom is -0.440 e. The molecule has 0 aliphatic carbocycles. The molecule has 3 aromatic rings. The Hall–Kier alpha value is -3.21. The molecule has 0 fully saturated rings. The van der Waals surface area contributed by atoms with Crippen LogP contribution in [0.4, 0.5) is 4.39 Å². The Morgan fingerprint density at radius 2 is 1.88 bits per heavy atom. The van der Waals surface area contributed by atoms with Crippen LogP contribution in [0.1, 0.15) is 21.8 Å². The van der Waals surface area contributed by atoms with Gasteiger partial charge in [-0.3, -0.25) is 4.79 Å². The Bertz CT molecular complexity index is 952. The Morgan fingerprint density at radius 1 is 1.15 bits per heavy atom. The molecule has 1 aromatic heterocycles. The lowest BCUT2D eigenvalue weighted by Gasteiger charge is -2.19. The fourth-order valence-corrected chi connectivity index (χ4v) is 2.72. The second-order valence-corrected chi connectivity index (χ2v) is 5.85. The molecular formula is C21H19FN2O2. The summed E-state index contributed by atoms with van der Waals surface area (Å²) >= 11 is 0. The second kappa shape index (κ2) is 7.78. The highest BCUT2D eigenvalue weighted by Gasteiger charge is 2.16. The van der Waals surface area contributed by atoms with Crippen molar-refractivity contribution in [1.29, 1.82) is 0 Å². The van der Waals surface area contributed by atoms with Crippen molar-refractivity contribution < 1.29 is 13.6 Å². The normalized spacial score (nSPS) is 10.7. The molecule has 0 radical (unpaired) electrons. The van der Waals surface area contributed by atoms with Gasteiger partial charge in [-0.05, 0) is 29.8 Å². The molecule has 0 saturated heterocycles. The van der Waals surface area contributed by atoms with Gasteiger partial charge >= 0.3 is 0 Å². The number of fused-ring (bicyclic) bond motifs is 1. The molecule has 1 heterocycles. The van der Waals surface area contributed by atoms with Gasteiger partial charge in [0.15, 0.2) is 11.5 Å². The SMILES string of the molecule is C=CCN(CC=C)C(=O)c1ccc2nc(Cc3ccccc3F)oc2c1. The van der Waals surface area contributed by atoms with Crippen LogP contribution in [-0.4, -0.2) is 28.9 Å². The summed E-state index contributed by atoms with van der Waals surface area (Å²) in [5.74, 6) is -0.0300. The fraction of sp³-hybridized carbons (Fsp3) is 0.143. The Labute approximate surface area is 151 Å². The minimum absolute atomic E-state index is 0.140. The van der Waals surface area contributed by atoms with E-state index in [0.29, 0.717) is 41.2 Å². The second-order valence-electron chi connectivity index (χ2n) is 5.85. The molecule has 26 heavy (non-hydrogen) atoms. The molecule has 0 bridgehead atoms. The van der Waals surface area contributed by atoms with Gasteiger partial charge in [-0.15, -0.1) is 13.2 Å². The number of halogens is 1. The van der Waals surface area contributed by atoms with E-state index in [2.05, 4.69) is 18.1 Å². The van der Waals surface area contributed by atoms with Gasteiger partial charge in [-0.2, -0.15) is 0 Å². The van der Waals surface area contributed by atoms with E-state index in [1.165, 1.54) is 6.07 Å². The maximum absolute atomic E-state index is 13.8. The molecule has 0 aliphatic heterocycles. The van der Waals surface area contributed by atoms with Gasteiger partial charge in [0.1, 0.15) is 11.3 Å². The summed E-state index contributed by atoms with van der Waals surface area (Å²) in [6, 6.07) is 11.6. The largest absolute Gasteiger partial charge is 0.440 e. The number of carbonyl (C=O) groups excluding carboxylic acids is 1. The predicted octanol–water partition coefficient (Wildman–Crippen LogP) is 4.37. The summed E-state index contributed by atoms with van der Waals surface area (Å²) in [5, 5.41) is 0. The Morgan fingerprint density at radius 3 is 2.58 bits per heavy atom. The summed E-state index contributed by atoms with van der Waals surface area (Å²) < 4.78 is 19.5. The number of rotatable bonds is 7. The molecule has 2 aromatic carbocycles. The van der Waals surface area contributed by atoms with Crippen LogP contribution in [0.25, 0.3) is 11.1 Å². The fourth-order valence-electron chi connectivity index (χ4n) is 2.72. The van der Waals surface area contributed by atoms with Crippen molar-refractivity contribution in [3.05, 3.63) is 90.6 Å². The van der Waals surface area contributed by atoms with Crippen LogP contribution in [0.15, 0.2) is 72.2 Å². The zero-order valence-electron chi connectivity index (χ0n) is 14.3. The molecule has 3 rings (SSSR count). The molecule has 0 unspecified atom stereocenters. The predicted molar refractivity (Wildman–Crippen MR) is 99.5 cm³/mol. The zero-order chi connectivity index (χ0) is 18.5. The number of oxazole rings is 1. The first-order chi connectivity index (χ1) is 12.6. The number of nitrogens with zero attached hydrogens (tertiary/aromatic N) is 2. The van der Waals surface area contributed by atoms with Crippen molar-refractivity contribution in [3.8, 4) is 0 Å². The van der Waals surface area contributed by atoms with Crippen molar-refractivity contribution in [1.82, 2.24) is 9.88 Å². The van der Waals surface area contributed by atoms with Crippen LogP contribution in [0.2, 0.25) is 0 Å². The number of amides is 1. The van der Waals surface area contributed by atoms with Crippen molar-refractivity contribution >= 4 is 17.0 Å². The molecule has 4 nitrogen and oxygen atoms in total. The standard InChI is InChI=1S/C21H19FN2O2/c1-3-11-24(12-4-2)21(25)16-9-10-18-19(13-16)26-20(23-18)14-15-7-5-6-8-17(15)22/h3-10,13H,1-2,11-12,14H2. The molecule has 5 heteroatoms. The van der Waals surface area contributed by atoms with Gasteiger partial charge in [-0.25, -0.2) is 9.37 Å². The summed E-state index contributed by atoms with van der Waals surface area (Å²) in [6.45, 7) is 8.20. The van der Waals surface area contributed by atoms with E-state index in [0.717, 1.165) is 0 Å². The summed E-state index contributed by atoms with van der Waals surface area (Å²) in [6.07, 6.45) is 3.59. The Kier molecular flexibility index (Phi) is 5.27. The molecular weight excluding hydrogens is 331 g/mol. The van der Waals surface area contributed by atoms with Gasteiger partial charge in [0, 0.05) is 18.7 Å². The van der Waals surface area contributed by atoms with Crippen LogP contribution in [0.5, 0.6) is 0 Å². The first-order valence-corrected chi connectivity index (χ1v) is 8.26. The number of carbonyl (C=O) groups is 1. The topological polar surface area (TPSA) is 46.3 Å². The lowest BCUT2D eigenvalue weighted by Crippen LogP contribution is -2.31. The minimum atomic E-state index is -0.296. The van der Waals surface area contributed by atoms with E-state index in [1.54, 1.807) is 53.5 Å². The van der Waals surface area contributed by atoms with Crippen molar-refractivity contribution in [2.45, 2.75) is 6.42 Å². The van der Waals surface area contributed by atoms with Crippen molar-refractivity contribution in [2.75, 3.05) is 13.1 Å². The number of hydrogen-bond acceptors (Lipinski definition) is 3. The van der Waals surface area contributed by atoms with Crippen molar-refractivity contribution in [2.24, 2.45) is 0 Å². The first-order valence-electron chi connectivity index (χ1n) is 8.26. The zero-order valence-corrected chi connectivity index (χ0v) is 14.3. The lowest BCUT2D eigenvalue weighted by molar-refractivity contribution is 0.0791. The smallest absolute Gasteiger partial charge is 0.254 e. The average Bonchev–Trinajstić information content (AvgIpc) is 3.04. The van der Waals surface area contributed by atoms with Crippen LogP contribution in [0, 0.1) is 5.82 Å². The number of hydrogen-bond donors (Lipinski definition) is 0.